The minimum Gasteiger partial charge on any atom is -0.493 e. The summed E-state index contributed by atoms with van der Waals surface area (Å²) in [4.78, 5) is 0. The molecule has 1 saturated heterocycles. The summed E-state index contributed by atoms with van der Waals surface area (Å²) in [6.07, 6.45) is 2.05. The van der Waals surface area contributed by atoms with Gasteiger partial charge in [0.15, 0.2) is 11.5 Å². The summed E-state index contributed by atoms with van der Waals surface area (Å²) < 4.78 is 16.7. The van der Waals surface area contributed by atoms with Crippen molar-refractivity contribution in [3.8, 4) is 11.5 Å². The van der Waals surface area contributed by atoms with Crippen LogP contribution in [0, 0.1) is 0 Å². The maximum Gasteiger partial charge on any atom is 0.162 e. The zero-order chi connectivity index (χ0) is 13.9. The van der Waals surface area contributed by atoms with E-state index in [1.807, 2.05) is 18.2 Å². The Hall–Kier alpha value is -1.26. The third-order valence-corrected chi connectivity index (χ3v) is 3.28. The molecule has 1 N–H and O–H groups in total. The van der Waals surface area contributed by atoms with E-state index >= 15 is 0 Å². The van der Waals surface area contributed by atoms with Crippen molar-refractivity contribution in [1.82, 2.24) is 0 Å². The van der Waals surface area contributed by atoms with Gasteiger partial charge in [-0.2, -0.15) is 0 Å². The van der Waals surface area contributed by atoms with E-state index in [1.54, 1.807) is 21.0 Å². The van der Waals surface area contributed by atoms with Gasteiger partial charge < -0.3 is 19.3 Å². The van der Waals surface area contributed by atoms with Crippen LogP contribution in [-0.2, 0) is 10.3 Å². The summed E-state index contributed by atoms with van der Waals surface area (Å²) in [5.41, 5.74) is -0.0898. The number of benzene rings is 1. The first-order valence-corrected chi connectivity index (χ1v) is 6.66. The topological polar surface area (TPSA) is 47.9 Å². The molecule has 106 valence electrons. The zero-order valence-corrected chi connectivity index (χ0v) is 11.8. The lowest BCUT2D eigenvalue weighted by atomic mass is 9.98. The normalized spacial score (nSPS) is 20.1. The fourth-order valence-corrected chi connectivity index (χ4v) is 2.13. The largest absolute Gasteiger partial charge is 0.493 e. The summed E-state index contributed by atoms with van der Waals surface area (Å²) in [5, 5.41) is 10.1. The van der Waals surface area contributed by atoms with Crippen molar-refractivity contribution in [3.63, 3.8) is 0 Å². The molecule has 0 saturated carbocycles. The highest BCUT2D eigenvalue weighted by molar-refractivity contribution is 5.44. The second kappa shape index (κ2) is 5.80. The highest BCUT2D eigenvalue weighted by atomic mass is 16.5. The van der Waals surface area contributed by atoms with Crippen molar-refractivity contribution in [2.45, 2.75) is 38.4 Å². The second-order valence-electron chi connectivity index (χ2n) is 5.38. The average Bonchev–Trinajstić information content (AvgIpc) is 2.39. The maximum absolute atomic E-state index is 10.1. The first kappa shape index (κ1) is 14.2. The molecule has 1 unspecified atom stereocenters. The van der Waals surface area contributed by atoms with Gasteiger partial charge in [-0.05, 0) is 44.4 Å². The molecule has 1 atom stereocenters. The molecule has 0 radical (unpaired) electrons. The van der Waals surface area contributed by atoms with E-state index < -0.39 is 5.60 Å². The summed E-state index contributed by atoms with van der Waals surface area (Å²) in [6, 6.07) is 5.52. The summed E-state index contributed by atoms with van der Waals surface area (Å²) in [5.74, 6) is 1.34. The molecule has 1 aromatic rings. The zero-order valence-electron chi connectivity index (χ0n) is 11.8. The van der Waals surface area contributed by atoms with Crippen LogP contribution in [0.4, 0.5) is 0 Å². The van der Waals surface area contributed by atoms with E-state index in [9.17, 15) is 5.11 Å². The number of methoxy groups -OCH3 is 1. The first-order valence-electron chi connectivity index (χ1n) is 6.66. The minimum atomic E-state index is -0.895. The molecule has 19 heavy (non-hydrogen) atoms. The molecule has 1 aliphatic rings. The minimum absolute atomic E-state index is 0.0553. The molecule has 1 aliphatic heterocycles. The molecule has 0 aliphatic carbocycles. The van der Waals surface area contributed by atoms with E-state index in [4.69, 9.17) is 14.2 Å². The predicted molar refractivity (Wildman–Crippen MR) is 72.7 cm³/mol. The molecular formula is C15H22O4. The van der Waals surface area contributed by atoms with E-state index in [2.05, 4.69) is 0 Å². The molecule has 1 aromatic carbocycles. The van der Waals surface area contributed by atoms with Crippen molar-refractivity contribution >= 4 is 0 Å². The molecule has 2 rings (SSSR count). The third kappa shape index (κ3) is 3.61. The van der Waals surface area contributed by atoms with Gasteiger partial charge in [0.25, 0.3) is 0 Å². The Morgan fingerprint density at radius 3 is 2.68 bits per heavy atom. The van der Waals surface area contributed by atoms with Crippen molar-refractivity contribution in [1.29, 1.82) is 0 Å². The molecule has 4 heteroatoms. The molecule has 0 bridgehead atoms. The number of hydrogen-bond donors (Lipinski definition) is 1. The number of rotatable bonds is 4. The van der Waals surface area contributed by atoms with Gasteiger partial charge in [0.05, 0.1) is 19.3 Å². The Morgan fingerprint density at radius 1 is 1.32 bits per heavy atom. The van der Waals surface area contributed by atoms with Crippen LogP contribution >= 0.6 is 0 Å². The Kier molecular flexibility index (Phi) is 4.32. The van der Waals surface area contributed by atoms with Crippen molar-refractivity contribution in [2.75, 3.05) is 20.3 Å². The molecule has 1 heterocycles. The summed E-state index contributed by atoms with van der Waals surface area (Å²) in [7, 11) is 1.61. The molecule has 1 fully saturated rings. The van der Waals surface area contributed by atoms with Crippen LogP contribution in [0.25, 0.3) is 0 Å². The number of ether oxygens (including phenoxy) is 3. The highest BCUT2D eigenvalue weighted by Crippen LogP contribution is 2.33. The third-order valence-electron chi connectivity index (χ3n) is 3.28. The van der Waals surface area contributed by atoms with Crippen LogP contribution in [0.1, 0.15) is 32.3 Å². The molecule has 0 amide bonds. The van der Waals surface area contributed by atoms with Gasteiger partial charge in [-0.3, -0.25) is 0 Å². The Bertz CT molecular complexity index is 417. The van der Waals surface area contributed by atoms with Crippen LogP contribution in [0.15, 0.2) is 18.2 Å². The fraction of sp³-hybridized carbons (Fsp3) is 0.600. The average molecular weight is 266 g/mol. The maximum atomic E-state index is 10.1. The lowest BCUT2D eigenvalue weighted by Gasteiger charge is -2.25. The molecule has 4 nitrogen and oxygen atoms in total. The van der Waals surface area contributed by atoms with E-state index in [0.29, 0.717) is 18.1 Å². The lowest BCUT2D eigenvalue weighted by Crippen LogP contribution is -2.28. The van der Waals surface area contributed by atoms with Crippen molar-refractivity contribution in [3.05, 3.63) is 23.8 Å². The molecular weight excluding hydrogens is 244 g/mol. The Morgan fingerprint density at radius 2 is 2.11 bits per heavy atom. The van der Waals surface area contributed by atoms with E-state index in [0.717, 1.165) is 25.0 Å². The van der Waals surface area contributed by atoms with Crippen LogP contribution in [0.2, 0.25) is 0 Å². The van der Waals surface area contributed by atoms with Gasteiger partial charge in [-0.15, -0.1) is 0 Å². The van der Waals surface area contributed by atoms with Gasteiger partial charge in [-0.1, -0.05) is 6.07 Å². The standard InChI is InChI=1S/C15H22O4/c1-15(2,16)11-6-7-13(17-3)14(9-11)19-12-5-4-8-18-10-12/h6-7,9,12,16H,4-5,8,10H2,1-3H3. The van der Waals surface area contributed by atoms with Gasteiger partial charge in [0, 0.05) is 6.61 Å². The van der Waals surface area contributed by atoms with Gasteiger partial charge >= 0.3 is 0 Å². The van der Waals surface area contributed by atoms with Crippen LogP contribution in [0.5, 0.6) is 11.5 Å². The second-order valence-corrected chi connectivity index (χ2v) is 5.38. The van der Waals surface area contributed by atoms with Crippen LogP contribution < -0.4 is 9.47 Å². The van der Waals surface area contributed by atoms with Gasteiger partial charge in [0.1, 0.15) is 6.10 Å². The predicted octanol–water partition coefficient (Wildman–Crippen LogP) is 2.48. The SMILES string of the molecule is COc1ccc(C(C)(C)O)cc1OC1CCCOC1. The van der Waals surface area contributed by atoms with Gasteiger partial charge in [-0.25, -0.2) is 0 Å². The Balaban J connectivity index is 2.20. The highest BCUT2D eigenvalue weighted by Gasteiger charge is 2.21. The van der Waals surface area contributed by atoms with E-state index in [-0.39, 0.29) is 6.10 Å². The number of aliphatic hydroxyl groups is 1. The monoisotopic (exact) mass is 266 g/mol. The fourth-order valence-electron chi connectivity index (χ4n) is 2.13. The van der Waals surface area contributed by atoms with Crippen LogP contribution in [-0.4, -0.2) is 31.5 Å². The number of hydrogen-bond acceptors (Lipinski definition) is 4. The smallest absolute Gasteiger partial charge is 0.162 e. The summed E-state index contributed by atoms with van der Waals surface area (Å²) >= 11 is 0. The van der Waals surface area contributed by atoms with Crippen LogP contribution in [0.3, 0.4) is 0 Å². The summed E-state index contributed by atoms with van der Waals surface area (Å²) in [6.45, 7) is 4.92. The van der Waals surface area contributed by atoms with Crippen molar-refractivity contribution < 1.29 is 19.3 Å². The first-order chi connectivity index (χ1) is 9.00. The molecule has 0 spiro atoms. The van der Waals surface area contributed by atoms with E-state index in [1.165, 1.54) is 0 Å². The molecule has 0 aromatic heterocycles. The van der Waals surface area contributed by atoms with Gasteiger partial charge in [0.2, 0.25) is 0 Å². The quantitative estimate of drug-likeness (QED) is 0.909. The lowest BCUT2D eigenvalue weighted by molar-refractivity contribution is 0.00611. The Labute approximate surface area is 114 Å². The van der Waals surface area contributed by atoms with Crippen molar-refractivity contribution in [2.24, 2.45) is 0 Å².